The maximum absolute atomic E-state index is 11.3. The van der Waals surface area contributed by atoms with Crippen LogP contribution in [0.5, 0.6) is 0 Å². The van der Waals surface area contributed by atoms with Crippen molar-refractivity contribution in [1.29, 1.82) is 0 Å². The minimum Gasteiger partial charge on any atom is -0.748 e. The van der Waals surface area contributed by atoms with Crippen LogP contribution in [0.25, 0.3) is 16.3 Å². The molecule has 0 saturated carbocycles. The van der Waals surface area contributed by atoms with E-state index in [4.69, 9.17) is 4.55 Å². The topological polar surface area (TPSA) is 205 Å². The Labute approximate surface area is 258 Å². The Kier molecular flexibility index (Phi) is 10.3. The zero-order chi connectivity index (χ0) is 28.5. The summed E-state index contributed by atoms with van der Waals surface area (Å²) in [6, 6.07) is 8.47. The number of non-ortho nitro benzene ring substituents is 2. The predicted molar refractivity (Wildman–Crippen MR) is 143 cm³/mol. The molecule has 1 N–H and O–H groups in total. The molecule has 0 aliphatic carbocycles. The molecule has 2 aromatic carbocycles. The molecule has 0 radical (unpaired) electrons. The van der Waals surface area contributed by atoms with Crippen LogP contribution in [0, 0.1) is 20.2 Å². The van der Waals surface area contributed by atoms with E-state index in [1.807, 2.05) is 0 Å². The molecule has 0 spiro atoms. The Morgan fingerprint density at radius 2 is 1.62 bits per heavy atom. The molecule has 0 fully saturated rings. The van der Waals surface area contributed by atoms with E-state index in [1.165, 1.54) is 59.5 Å². The van der Waals surface area contributed by atoms with Gasteiger partial charge >= 0.3 is 29.6 Å². The van der Waals surface area contributed by atoms with Crippen molar-refractivity contribution in [3.8, 4) is 0 Å². The maximum atomic E-state index is 11.3. The van der Waals surface area contributed by atoms with Crippen molar-refractivity contribution in [1.82, 2.24) is 0 Å². The summed E-state index contributed by atoms with van der Waals surface area (Å²) in [7, 11) is -8.68. The number of benzene rings is 2. The first kappa shape index (κ1) is 32.4. The van der Waals surface area contributed by atoms with Crippen LogP contribution >= 0.6 is 23.1 Å². The van der Waals surface area contributed by atoms with E-state index < -0.39 is 41.6 Å². The van der Waals surface area contributed by atoms with Crippen molar-refractivity contribution in [2.75, 3.05) is 23.0 Å². The monoisotopic (exact) mass is 639 g/mol. The first-order valence-electron chi connectivity index (χ1n) is 11.2. The van der Waals surface area contributed by atoms with Gasteiger partial charge in [-0.1, -0.05) is 23.1 Å². The van der Waals surface area contributed by atoms with Gasteiger partial charge in [-0.25, -0.2) is 8.42 Å². The van der Waals surface area contributed by atoms with Crippen molar-refractivity contribution < 1.29 is 69.9 Å². The van der Waals surface area contributed by atoms with E-state index in [2.05, 4.69) is 0 Å². The van der Waals surface area contributed by atoms with E-state index >= 15 is 0 Å². The van der Waals surface area contributed by atoms with Gasteiger partial charge in [-0.3, -0.25) is 24.8 Å². The van der Waals surface area contributed by atoms with Crippen LogP contribution in [0.1, 0.15) is 17.8 Å². The average molecular weight is 640 g/mol. The fourth-order valence-corrected chi connectivity index (χ4v) is 7.37. The van der Waals surface area contributed by atoms with Gasteiger partial charge in [0.15, 0.2) is 6.54 Å². The van der Waals surface area contributed by atoms with Crippen LogP contribution < -0.4 is 39.0 Å². The van der Waals surface area contributed by atoms with Crippen LogP contribution in [0.2, 0.25) is 0 Å². The largest absolute Gasteiger partial charge is 1.00 e. The van der Waals surface area contributed by atoms with E-state index in [0.717, 1.165) is 0 Å². The normalized spacial score (nSPS) is 14.3. The van der Waals surface area contributed by atoms with Gasteiger partial charge in [0.1, 0.15) is 4.70 Å². The number of nitro benzene ring substituents is 2. The first-order valence-corrected chi connectivity index (χ1v) is 16.0. The van der Waals surface area contributed by atoms with Crippen molar-refractivity contribution in [2.45, 2.75) is 24.3 Å². The molecule has 1 aliphatic rings. The number of thioether (sulfide) groups is 1. The minimum absolute atomic E-state index is 0. The zero-order valence-electron chi connectivity index (χ0n) is 20.8. The third-order valence-electron chi connectivity index (χ3n) is 5.66. The van der Waals surface area contributed by atoms with Gasteiger partial charge in [0, 0.05) is 53.9 Å². The van der Waals surface area contributed by atoms with Gasteiger partial charge in [0.2, 0.25) is 5.52 Å². The molecule has 2 heterocycles. The number of aromatic nitrogens is 1. The number of nitrogens with zero attached hydrogens (tertiary/aromatic N) is 4. The molecule has 0 amide bonds. The van der Waals surface area contributed by atoms with Crippen LogP contribution in [-0.4, -0.2) is 53.8 Å². The Bertz CT molecular complexity index is 1720. The van der Waals surface area contributed by atoms with Gasteiger partial charge in [-0.05, 0) is 12.5 Å². The van der Waals surface area contributed by atoms with Crippen LogP contribution in [0.15, 0.2) is 46.3 Å². The number of aryl methyl sites for hydroxylation is 1. The van der Waals surface area contributed by atoms with Crippen molar-refractivity contribution in [3.05, 3.63) is 66.7 Å². The third kappa shape index (κ3) is 7.98. The van der Waals surface area contributed by atoms with Crippen molar-refractivity contribution >= 4 is 76.7 Å². The summed E-state index contributed by atoms with van der Waals surface area (Å²) in [5, 5.41) is 23.7. The van der Waals surface area contributed by atoms with Crippen LogP contribution in [0.3, 0.4) is 0 Å². The number of nitro groups is 2. The number of hydrogen-bond donors (Lipinski definition) is 1. The SMILES string of the molecule is O=[N+]([O-])c1ccc2c(c1)SC(=Cc1sc3cc([N+](=O)[O-])ccc3[n+]1CCCS(=O)(=O)[O-])N2CCCS(=O)(=O)O.[Na+]. The second-order valence-corrected chi connectivity index (χ2v) is 13.6. The van der Waals surface area contributed by atoms with E-state index in [-0.39, 0.29) is 66.9 Å². The molecular formula is C21H20N4NaO10S4+. The van der Waals surface area contributed by atoms with Crippen molar-refractivity contribution in [3.63, 3.8) is 0 Å². The molecule has 40 heavy (non-hydrogen) atoms. The van der Waals surface area contributed by atoms with Crippen LogP contribution in [0.4, 0.5) is 17.1 Å². The van der Waals surface area contributed by atoms with Gasteiger partial charge in [0.25, 0.3) is 26.5 Å². The van der Waals surface area contributed by atoms with E-state index in [0.29, 0.717) is 30.8 Å². The van der Waals surface area contributed by atoms with Gasteiger partial charge in [-0.2, -0.15) is 13.0 Å². The Balaban J connectivity index is 0.00000441. The smallest absolute Gasteiger partial charge is 0.748 e. The fraction of sp³-hybridized carbons (Fsp3) is 0.286. The summed E-state index contributed by atoms with van der Waals surface area (Å²) >= 11 is 2.38. The predicted octanol–water partition coefficient (Wildman–Crippen LogP) is 0.133. The van der Waals surface area contributed by atoms with Gasteiger partial charge < -0.3 is 9.45 Å². The van der Waals surface area contributed by atoms with Gasteiger partial charge in [0.05, 0.1) is 42.5 Å². The van der Waals surface area contributed by atoms with Crippen molar-refractivity contribution in [2.24, 2.45) is 0 Å². The Hall–Kier alpha value is -2.16. The summed E-state index contributed by atoms with van der Waals surface area (Å²) < 4.78 is 67.4. The van der Waals surface area contributed by atoms with E-state index in [9.17, 15) is 41.6 Å². The summed E-state index contributed by atoms with van der Waals surface area (Å²) in [4.78, 5) is 23.8. The average Bonchev–Trinajstić information content (AvgIpc) is 3.34. The number of hydrogen-bond acceptors (Lipinski definition) is 12. The Morgan fingerprint density at radius 3 is 2.25 bits per heavy atom. The molecule has 208 valence electrons. The van der Waals surface area contributed by atoms with Crippen LogP contribution in [-0.2, 0) is 26.8 Å². The summed E-state index contributed by atoms with van der Waals surface area (Å²) in [5.41, 5.74) is 0.894. The molecule has 14 nitrogen and oxygen atoms in total. The summed E-state index contributed by atoms with van der Waals surface area (Å²) in [6.45, 7) is 0.262. The third-order valence-corrected chi connectivity index (χ3v) is 9.44. The number of fused-ring (bicyclic) bond motifs is 2. The summed E-state index contributed by atoms with van der Waals surface area (Å²) in [5.74, 6) is -1.11. The molecule has 0 atom stereocenters. The molecule has 0 saturated heterocycles. The standard InChI is InChI=1S/C21H20N4O10S4.Na/c26-24(27)14-3-5-16-18(11-14)36-20(22(16)7-1-9-38(30,31)32)13-21-23(8-2-10-39(33,34)35)17-6-4-15(25(28)29)12-19(17)37-21;/h3-6,11-13H,1-2,7-10H2,(H-,30,31,32,33,34,35);/q;+1. The Morgan fingerprint density at radius 1 is 0.975 bits per heavy atom. The molecule has 0 unspecified atom stereocenters. The molecule has 4 rings (SSSR count). The summed E-state index contributed by atoms with van der Waals surface area (Å²) in [6.07, 6.45) is 1.76. The molecule has 19 heteroatoms. The zero-order valence-corrected chi connectivity index (χ0v) is 26.1. The molecule has 3 aromatic rings. The van der Waals surface area contributed by atoms with Gasteiger partial charge in [-0.15, -0.1) is 0 Å². The molecule has 0 bridgehead atoms. The van der Waals surface area contributed by atoms with E-state index in [1.54, 1.807) is 15.5 Å². The number of rotatable bonds is 11. The second kappa shape index (κ2) is 12.8. The molecule has 1 aromatic heterocycles. The minimum atomic E-state index is -4.46. The molecular weight excluding hydrogens is 620 g/mol. The fourth-order valence-electron chi connectivity index (χ4n) is 4.00. The number of thiazole rings is 1. The second-order valence-electron chi connectivity index (χ2n) is 8.40. The maximum Gasteiger partial charge on any atom is 1.00 e. The molecule has 1 aliphatic heterocycles. The number of anilines is 1. The first-order chi connectivity index (χ1) is 18.2. The quantitative estimate of drug-likeness (QED) is 0.0978.